The number of halogens is 1. The number of amides is 1. The largest absolute Gasteiger partial charge is 0.481 e. The van der Waals surface area contributed by atoms with Gasteiger partial charge in [-0.05, 0) is 62.4 Å². The zero-order chi connectivity index (χ0) is 25.4. The SMILES string of the molecule is COC(=O)N1c2ccc3c(nc(CC(C(=O)O)c4cccc(F)c4)n3[C@H]3CCCOC3)c2CC[C@@H]1C. The van der Waals surface area contributed by atoms with Gasteiger partial charge in [-0.2, -0.15) is 0 Å². The molecule has 1 aromatic heterocycles. The molecule has 3 atom stereocenters. The summed E-state index contributed by atoms with van der Waals surface area (Å²) >= 11 is 0. The van der Waals surface area contributed by atoms with Crippen LogP contribution in [0.3, 0.4) is 0 Å². The molecule has 0 radical (unpaired) electrons. The number of anilines is 1. The third-order valence-corrected chi connectivity index (χ3v) is 7.34. The number of hydrogen-bond donors (Lipinski definition) is 1. The van der Waals surface area contributed by atoms with E-state index in [4.69, 9.17) is 14.5 Å². The number of ether oxygens (including phenoxy) is 2. The van der Waals surface area contributed by atoms with Crippen molar-refractivity contribution in [2.45, 2.75) is 57.0 Å². The Balaban J connectivity index is 1.65. The smallest absolute Gasteiger partial charge is 0.414 e. The van der Waals surface area contributed by atoms with Gasteiger partial charge in [0.15, 0.2) is 0 Å². The Morgan fingerprint density at radius 3 is 2.81 bits per heavy atom. The van der Waals surface area contributed by atoms with E-state index in [-0.39, 0.29) is 18.5 Å². The zero-order valence-corrected chi connectivity index (χ0v) is 20.4. The van der Waals surface area contributed by atoms with E-state index in [0.717, 1.165) is 48.0 Å². The first kappa shape index (κ1) is 24.2. The number of carboxylic acids is 1. The van der Waals surface area contributed by atoms with Crippen molar-refractivity contribution in [1.29, 1.82) is 0 Å². The van der Waals surface area contributed by atoms with Crippen LogP contribution < -0.4 is 4.90 Å². The number of imidazole rings is 1. The second-order valence-corrected chi connectivity index (χ2v) is 9.58. The van der Waals surface area contributed by atoms with Crippen LogP contribution in [0.15, 0.2) is 36.4 Å². The predicted octanol–water partition coefficient (Wildman–Crippen LogP) is 4.85. The summed E-state index contributed by atoms with van der Waals surface area (Å²) in [6.07, 6.45) is 2.98. The quantitative estimate of drug-likeness (QED) is 0.544. The van der Waals surface area contributed by atoms with Crippen LogP contribution in [0.2, 0.25) is 0 Å². The molecule has 1 amide bonds. The molecule has 2 aliphatic rings. The lowest BCUT2D eigenvalue weighted by atomic mass is 9.95. The minimum atomic E-state index is -1.04. The van der Waals surface area contributed by atoms with Gasteiger partial charge in [0.25, 0.3) is 0 Å². The molecule has 190 valence electrons. The molecule has 1 fully saturated rings. The normalized spacial score (nSPS) is 20.7. The molecule has 5 rings (SSSR count). The number of rotatable bonds is 5. The van der Waals surface area contributed by atoms with Gasteiger partial charge in [0.1, 0.15) is 11.6 Å². The summed E-state index contributed by atoms with van der Waals surface area (Å²) in [6.45, 7) is 3.20. The summed E-state index contributed by atoms with van der Waals surface area (Å²) in [6, 6.07) is 9.61. The standard InChI is InChI=1S/C27H30FN3O5/c1-16-8-9-20-22(30(16)27(34)35-2)10-11-23-25(20)29-24(31(23)19-7-4-12-36-15-19)14-21(26(32)33)17-5-3-6-18(28)13-17/h3,5-6,10-11,13,16,19,21H,4,7-9,12,14-15H2,1-2H3,(H,32,33)/t16-,19-,21?/m0/s1. The molecule has 9 heteroatoms. The maximum absolute atomic E-state index is 13.9. The maximum Gasteiger partial charge on any atom is 0.414 e. The van der Waals surface area contributed by atoms with Crippen LogP contribution in [0, 0.1) is 5.82 Å². The Morgan fingerprint density at radius 2 is 2.11 bits per heavy atom. The molecule has 8 nitrogen and oxygen atoms in total. The fourth-order valence-electron chi connectivity index (χ4n) is 5.56. The van der Waals surface area contributed by atoms with Gasteiger partial charge in [-0.25, -0.2) is 14.2 Å². The van der Waals surface area contributed by atoms with E-state index < -0.39 is 23.8 Å². The van der Waals surface area contributed by atoms with Crippen LogP contribution in [-0.4, -0.2) is 53.1 Å². The van der Waals surface area contributed by atoms with Gasteiger partial charge in [0.2, 0.25) is 0 Å². The molecular formula is C27H30FN3O5. The van der Waals surface area contributed by atoms with Crippen LogP contribution >= 0.6 is 0 Å². The van der Waals surface area contributed by atoms with E-state index in [1.165, 1.54) is 25.3 Å². The second-order valence-electron chi connectivity index (χ2n) is 9.58. The number of carbonyl (C=O) groups is 2. The lowest BCUT2D eigenvalue weighted by Gasteiger charge is -2.34. The maximum atomic E-state index is 13.9. The van der Waals surface area contributed by atoms with Gasteiger partial charge >= 0.3 is 12.1 Å². The first-order valence-corrected chi connectivity index (χ1v) is 12.3. The van der Waals surface area contributed by atoms with Gasteiger partial charge in [-0.3, -0.25) is 9.69 Å². The third kappa shape index (κ3) is 4.32. The highest BCUT2D eigenvalue weighted by atomic mass is 19.1. The van der Waals surface area contributed by atoms with E-state index in [2.05, 4.69) is 4.57 Å². The Labute approximate surface area is 208 Å². The Morgan fingerprint density at radius 1 is 1.28 bits per heavy atom. The summed E-state index contributed by atoms with van der Waals surface area (Å²) in [5.74, 6) is -1.84. The molecule has 2 aliphatic heterocycles. The highest BCUT2D eigenvalue weighted by Gasteiger charge is 2.33. The van der Waals surface area contributed by atoms with Gasteiger partial charge in [0.05, 0.1) is 42.4 Å². The van der Waals surface area contributed by atoms with E-state index in [1.807, 2.05) is 19.1 Å². The summed E-state index contributed by atoms with van der Waals surface area (Å²) in [5, 5.41) is 10.1. The number of hydrogen-bond acceptors (Lipinski definition) is 5. The minimum Gasteiger partial charge on any atom is -0.481 e. The highest BCUT2D eigenvalue weighted by molar-refractivity contribution is 5.95. The zero-order valence-electron chi connectivity index (χ0n) is 20.4. The van der Waals surface area contributed by atoms with E-state index >= 15 is 0 Å². The van der Waals surface area contributed by atoms with Crippen molar-refractivity contribution in [2.75, 3.05) is 25.2 Å². The number of benzene rings is 2. The summed E-state index contributed by atoms with van der Waals surface area (Å²) in [4.78, 5) is 31.5. The molecular weight excluding hydrogens is 465 g/mol. The van der Waals surface area contributed by atoms with Gasteiger partial charge < -0.3 is 19.1 Å². The van der Waals surface area contributed by atoms with Gasteiger partial charge in [-0.1, -0.05) is 12.1 Å². The van der Waals surface area contributed by atoms with E-state index in [9.17, 15) is 19.1 Å². The molecule has 1 saturated heterocycles. The number of carboxylic acid groups (broad SMARTS) is 1. The average molecular weight is 496 g/mol. The molecule has 0 saturated carbocycles. The molecule has 0 spiro atoms. The Bertz CT molecular complexity index is 1300. The van der Waals surface area contributed by atoms with Crippen molar-refractivity contribution in [3.05, 3.63) is 59.2 Å². The van der Waals surface area contributed by atoms with Crippen LogP contribution in [0.4, 0.5) is 14.9 Å². The number of methoxy groups -OCH3 is 1. The van der Waals surface area contributed by atoms with Crippen molar-refractivity contribution in [3.63, 3.8) is 0 Å². The molecule has 2 aromatic carbocycles. The summed E-state index contributed by atoms with van der Waals surface area (Å²) in [5.41, 5.74) is 3.77. The summed E-state index contributed by atoms with van der Waals surface area (Å²) in [7, 11) is 1.37. The van der Waals surface area contributed by atoms with Crippen LogP contribution in [0.1, 0.15) is 55.1 Å². The first-order chi connectivity index (χ1) is 17.4. The van der Waals surface area contributed by atoms with Gasteiger partial charge in [-0.15, -0.1) is 0 Å². The average Bonchev–Trinajstić information content (AvgIpc) is 3.25. The van der Waals surface area contributed by atoms with Crippen LogP contribution in [0.25, 0.3) is 11.0 Å². The predicted molar refractivity (Wildman–Crippen MR) is 132 cm³/mol. The number of fused-ring (bicyclic) bond motifs is 3. The van der Waals surface area contributed by atoms with Crippen LogP contribution in [-0.2, 0) is 27.1 Å². The fourth-order valence-corrected chi connectivity index (χ4v) is 5.56. The molecule has 36 heavy (non-hydrogen) atoms. The Kier molecular flexibility index (Phi) is 6.66. The highest BCUT2D eigenvalue weighted by Crippen LogP contribution is 2.39. The Hall–Kier alpha value is -3.46. The monoisotopic (exact) mass is 495 g/mol. The van der Waals surface area contributed by atoms with E-state index in [0.29, 0.717) is 24.6 Å². The van der Waals surface area contributed by atoms with E-state index in [1.54, 1.807) is 11.0 Å². The van der Waals surface area contributed by atoms with Crippen molar-refractivity contribution >= 4 is 28.8 Å². The number of aliphatic carboxylic acids is 1. The molecule has 1 unspecified atom stereocenters. The lowest BCUT2D eigenvalue weighted by molar-refractivity contribution is -0.138. The number of nitrogens with zero attached hydrogens (tertiary/aromatic N) is 3. The van der Waals surface area contributed by atoms with Crippen molar-refractivity contribution in [3.8, 4) is 0 Å². The molecule has 0 bridgehead atoms. The van der Waals surface area contributed by atoms with Crippen molar-refractivity contribution in [1.82, 2.24) is 9.55 Å². The molecule has 3 aromatic rings. The number of aryl methyl sites for hydroxylation is 1. The number of carbonyl (C=O) groups excluding carboxylic acids is 1. The fraction of sp³-hybridized carbons (Fsp3) is 0.444. The number of aromatic nitrogens is 2. The molecule has 0 aliphatic carbocycles. The summed E-state index contributed by atoms with van der Waals surface area (Å²) < 4.78 is 26.9. The topological polar surface area (TPSA) is 93.9 Å². The van der Waals surface area contributed by atoms with Crippen LogP contribution in [0.5, 0.6) is 0 Å². The lowest BCUT2D eigenvalue weighted by Crippen LogP contribution is -2.42. The molecule has 3 heterocycles. The van der Waals surface area contributed by atoms with Crippen molar-refractivity contribution < 1.29 is 28.6 Å². The minimum absolute atomic E-state index is 0.0120. The first-order valence-electron chi connectivity index (χ1n) is 12.3. The van der Waals surface area contributed by atoms with Crippen molar-refractivity contribution in [2.24, 2.45) is 0 Å². The third-order valence-electron chi connectivity index (χ3n) is 7.34. The second kappa shape index (κ2) is 9.89. The van der Waals surface area contributed by atoms with Gasteiger partial charge in [0, 0.05) is 24.6 Å². The molecule has 1 N–H and O–H groups in total.